The third-order valence-corrected chi connectivity index (χ3v) is 2.01. The van der Waals surface area contributed by atoms with Crippen LogP contribution in [0.4, 0.5) is 11.6 Å². The number of nitrogens with two attached hydrogens (primary N) is 1. The highest BCUT2D eigenvalue weighted by Gasteiger charge is 2.01. The van der Waals surface area contributed by atoms with Gasteiger partial charge in [0.1, 0.15) is 0 Å². The van der Waals surface area contributed by atoms with Gasteiger partial charge in [0.25, 0.3) is 5.82 Å². The summed E-state index contributed by atoms with van der Waals surface area (Å²) >= 11 is 0. The molecule has 0 spiro atoms. The Kier molecular flexibility index (Phi) is 2.81. The zero-order chi connectivity index (χ0) is 11.4. The maximum absolute atomic E-state index is 11.1. The third-order valence-electron chi connectivity index (χ3n) is 2.01. The maximum Gasteiger partial charge on any atom is 0.296 e. The van der Waals surface area contributed by atoms with E-state index < -0.39 is 0 Å². The molecule has 0 fully saturated rings. The first-order valence-corrected chi connectivity index (χ1v) is 4.76. The van der Waals surface area contributed by atoms with Crippen LogP contribution in [0.5, 0.6) is 0 Å². The standard InChI is InChI=1S/C10H11N5O/c11-9-4-5-10(14-15(9)16)13-7-8-3-1-2-6-12-8/h1-6H,7,11H2,(H,13,14). The number of anilines is 2. The van der Waals surface area contributed by atoms with Crippen LogP contribution in [-0.4, -0.2) is 10.1 Å². The fraction of sp³-hybridized carbons (Fsp3) is 0.100. The first kappa shape index (κ1) is 10.2. The van der Waals surface area contributed by atoms with Crippen LogP contribution < -0.4 is 15.9 Å². The fourth-order valence-electron chi connectivity index (χ4n) is 1.20. The smallest absolute Gasteiger partial charge is 0.296 e. The largest absolute Gasteiger partial charge is 0.691 e. The Bertz CT molecular complexity index is 474. The molecule has 6 nitrogen and oxygen atoms in total. The molecule has 82 valence electrons. The van der Waals surface area contributed by atoms with E-state index in [1.54, 1.807) is 12.3 Å². The summed E-state index contributed by atoms with van der Waals surface area (Å²) in [4.78, 5) is 4.51. The SMILES string of the molecule is Nc1ccc(NCc2ccccn2)n[n+]1[O-]. The van der Waals surface area contributed by atoms with E-state index in [-0.39, 0.29) is 5.82 Å². The molecule has 0 aliphatic carbocycles. The van der Waals surface area contributed by atoms with Gasteiger partial charge in [-0.25, -0.2) is 0 Å². The highest BCUT2D eigenvalue weighted by atomic mass is 16.5. The average molecular weight is 217 g/mol. The van der Waals surface area contributed by atoms with Crippen LogP contribution in [0.1, 0.15) is 5.69 Å². The predicted octanol–water partition coefficient (Wildman–Crippen LogP) is 0.304. The van der Waals surface area contributed by atoms with Crippen molar-refractivity contribution in [1.29, 1.82) is 0 Å². The van der Waals surface area contributed by atoms with Gasteiger partial charge in [-0.1, -0.05) is 11.2 Å². The topological polar surface area (TPSA) is 90.8 Å². The Morgan fingerprint density at radius 3 is 2.88 bits per heavy atom. The van der Waals surface area contributed by atoms with E-state index in [4.69, 9.17) is 5.73 Å². The molecule has 0 aliphatic rings. The molecule has 0 aromatic carbocycles. The van der Waals surface area contributed by atoms with Crippen molar-refractivity contribution in [1.82, 2.24) is 10.1 Å². The van der Waals surface area contributed by atoms with Gasteiger partial charge in [0.05, 0.1) is 12.2 Å². The minimum atomic E-state index is 0.0726. The molecule has 0 saturated carbocycles. The van der Waals surface area contributed by atoms with E-state index in [1.807, 2.05) is 18.2 Å². The molecule has 3 N–H and O–H groups in total. The van der Waals surface area contributed by atoms with Crippen molar-refractivity contribution in [2.75, 3.05) is 11.1 Å². The Morgan fingerprint density at radius 1 is 1.31 bits per heavy atom. The van der Waals surface area contributed by atoms with Gasteiger partial charge in [0, 0.05) is 12.3 Å². The highest BCUT2D eigenvalue weighted by Crippen LogP contribution is 2.03. The number of nitrogens with one attached hydrogen (secondary N) is 1. The third kappa shape index (κ3) is 2.35. The summed E-state index contributed by atoms with van der Waals surface area (Å²) in [6.07, 6.45) is 1.71. The summed E-state index contributed by atoms with van der Waals surface area (Å²) in [5.41, 5.74) is 6.22. The molecule has 2 heterocycles. The molecule has 2 aromatic heterocycles. The molecule has 16 heavy (non-hydrogen) atoms. The number of nitrogen functional groups attached to an aromatic ring is 1. The van der Waals surface area contributed by atoms with Crippen LogP contribution in [0.2, 0.25) is 0 Å². The first-order valence-electron chi connectivity index (χ1n) is 4.76. The lowest BCUT2D eigenvalue weighted by atomic mass is 10.3. The van der Waals surface area contributed by atoms with E-state index in [9.17, 15) is 5.21 Å². The molecule has 0 aliphatic heterocycles. The van der Waals surface area contributed by atoms with E-state index in [0.29, 0.717) is 17.2 Å². The second-order valence-electron chi connectivity index (χ2n) is 3.19. The zero-order valence-electron chi connectivity index (χ0n) is 8.50. The van der Waals surface area contributed by atoms with Crippen molar-refractivity contribution in [3.8, 4) is 0 Å². The minimum Gasteiger partial charge on any atom is -0.691 e. The summed E-state index contributed by atoms with van der Waals surface area (Å²) in [6, 6.07) is 8.77. The predicted molar refractivity (Wildman–Crippen MR) is 59.2 cm³/mol. The number of hydrogen-bond donors (Lipinski definition) is 2. The summed E-state index contributed by atoms with van der Waals surface area (Å²) in [7, 11) is 0. The molecule has 0 saturated heterocycles. The Labute approximate surface area is 92.3 Å². The normalized spacial score (nSPS) is 10.0. The second-order valence-corrected chi connectivity index (χ2v) is 3.19. The van der Waals surface area contributed by atoms with Gasteiger partial charge in [-0.15, -0.1) is 4.85 Å². The Morgan fingerprint density at radius 2 is 2.19 bits per heavy atom. The van der Waals surface area contributed by atoms with Crippen molar-refractivity contribution in [3.05, 3.63) is 47.4 Å². The quantitative estimate of drug-likeness (QED) is 0.570. The summed E-state index contributed by atoms with van der Waals surface area (Å²) in [5, 5.41) is 17.7. The number of pyridine rings is 1. The average Bonchev–Trinajstić information content (AvgIpc) is 2.32. The van der Waals surface area contributed by atoms with Crippen molar-refractivity contribution in [3.63, 3.8) is 0 Å². The van der Waals surface area contributed by atoms with Crippen LogP contribution in [-0.2, 0) is 6.54 Å². The zero-order valence-corrected chi connectivity index (χ0v) is 8.50. The van der Waals surface area contributed by atoms with Crippen molar-refractivity contribution < 1.29 is 4.85 Å². The van der Waals surface area contributed by atoms with Crippen LogP contribution in [0.3, 0.4) is 0 Å². The molecule has 0 bridgehead atoms. The maximum atomic E-state index is 11.1. The fourth-order valence-corrected chi connectivity index (χ4v) is 1.20. The van der Waals surface area contributed by atoms with Crippen LogP contribution in [0.25, 0.3) is 0 Å². The number of rotatable bonds is 3. The Balaban J connectivity index is 2.03. The molecular formula is C10H11N5O. The number of nitrogens with zero attached hydrogens (tertiary/aromatic N) is 3. The first-order chi connectivity index (χ1) is 7.75. The molecular weight excluding hydrogens is 206 g/mol. The van der Waals surface area contributed by atoms with Crippen molar-refractivity contribution in [2.24, 2.45) is 0 Å². The van der Waals surface area contributed by atoms with Crippen LogP contribution in [0.15, 0.2) is 36.5 Å². The van der Waals surface area contributed by atoms with E-state index in [2.05, 4.69) is 15.4 Å². The number of aromatic nitrogens is 3. The lowest BCUT2D eigenvalue weighted by molar-refractivity contribution is -0.653. The van der Waals surface area contributed by atoms with Gasteiger partial charge in [-0.05, 0) is 18.2 Å². The minimum absolute atomic E-state index is 0.0726. The van der Waals surface area contributed by atoms with Gasteiger partial charge in [0.15, 0.2) is 5.82 Å². The van der Waals surface area contributed by atoms with E-state index in [1.165, 1.54) is 6.07 Å². The molecule has 0 unspecified atom stereocenters. The lowest BCUT2D eigenvalue weighted by Gasteiger charge is -2.06. The van der Waals surface area contributed by atoms with Gasteiger partial charge in [-0.2, -0.15) is 0 Å². The summed E-state index contributed by atoms with van der Waals surface area (Å²) in [5.74, 6) is 0.540. The molecule has 0 radical (unpaired) electrons. The second kappa shape index (κ2) is 4.43. The molecule has 2 rings (SSSR count). The molecule has 6 heteroatoms. The Hall–Kier alpha value is -2.37. The van der Waals surface area contributed by atoms with Crippen LogP contribution >= 0.6 is 0 Å². The molecule has 0 amide bonds. The molecule has 2 aromatic rings. The summed E-state index contributed by atoms with van der Waals surface area (Å²) < 4.78 is 0. The van der Waals surface area contributed by atoms with Crippen molar-refractivity contribution >= 4 is 11.6 Å². The van der Waals surface area contributed by atoms with Gasteiger partial charge in [0.2, 0.25) is 0 Å². The van der Waals surface area contributed by atoms with Crippen LogP contribution in [0, 0.1) is 5.21 Å². The van der Waals surface area contributed by atoms with Crippen molar-refractivity contribution in [2.45, 2.75) is 6.54 Å². The van der Waals surface area contributed by atoms with E-state index >= 15 is 0 Å². The van der Waals surface area contributed by atoms with Gasteiger partial charge >= 0.3 is 0 Å². The monoisotopic (exact) mass is 217 g/mol. The lowest BCUT2D eigenvalue weighted by Crippen LogP contribution is -2.35. The summed E-state index contributed by atoms with van der Waals surface area (Å²) in [6.45, 7) is 0.512. The van der Waals surface area contributed by atoms with E-state index in [0.717, 1.165) is 5.69 Å². The molecule has 0 atom stereocenters. The highest BCUT2D eigenvalue weighted by molar-refractivity contribution is 5.36. The number of hydrogen-bond acceptors (Lipinski definition) is 5. The van der Waals surface area contributed by atoms with Gasteiger partial charge < -0.3 is 10.5 Å². The van der Waals surface area contributed by atoms with Gasteiger partial charge in [-0.3, -0.25) is 10.7 Å².